The first-order valence-electron chi connectivity index (χ1n) is 7.35. The molecule has 6 heteroatoms. The smallest absolute Gasteiger partial charge is 0.243 e. The fourth-order valence-corrected chi connectivity index (χ4v) is 3.52. The van der Waals surface area contributed by atoms with E-state index in [0.29, 0.717) is 31.1 Å². The Bertz CT molecular complexity index is 517. The summed E-state index contributed by atoms with van der Waals surface area (Å²) in [5.41, 5.74) is 0.979. The molecule has 120 valence electrons. The minimum Gasteiger partial charge on any atom is -0.383 e. The van der Waals surface area contributed by atoms with Crippen LogP contribution in [-0.4, -0.2) is 46.1 Å². The molecular formula is C15H26N2O3S. The lowest BCUT2D eigenvalue weighted by atomic mass is 10.2. The van der Waals surface area contributed by atoms with Crippen molar-refractivity contribution in [2.75, 3.05) is 33.4 Å². The highest BCUT2D eigenvalue weighted by Crippen LogP contribution is 2.17. The highest BCUT2D eigenvalue weighted by molar-refractivity contribution is 7.89. The first kappa shape index (κ1) is 18.1. The second-order valence-electron chi connectivity index (χ2n) is 4.81. The molecule has 1 aromatic rings. The predicted octanol–water partition coefficient (Wildman–Crippen LogP) is 1.84. The van der Waals surface area contributed by atoms with Crippen LogP contribution in [0.5, 0.6) is 0 Å². The van der Waals surface area contributed by atoms with Crippen LogP contribution in [0, 0.1) is 0 Å². The molecule has 0 heterocycles. The van der Waals surface area contributed by atoms with Crippen LogP contribution in [0.1, 0.15) is 25.8 Å². The Balaban J connectivity index is 2.88. The molecule has 0 bridgehead atoms. The lowest BCUT2D eigenvalue weighted by Crippen LogP contribution is -2.33. The minimum absolute atomic E-state index is 0.344. The van der Waals surface area contributed by atoms with Gasteiger partial charge in [-0.05, 0) is 30.7 Å². The van der Waals surface area contributed by atoms with Crippen LogP contribution >= 0.6 is 0 Å². The van der Waals surface area contributed by atoms with Gasteiger partial charge in [-0.2, -0.15) is 4.31 Å². The Morgan fingerprint density at radius 2 is 2.05 bits per heavy atom. The summed E-state index contributed by atoms with van der Waals surface area (Å²) in [5, 5.41) is 3.28. The second-order valence-corrected chi connectivity index (χ2v) is 6.75. The molecule has 0 radical (unpaired) electrons. The van der Waals surface area contributed by atoms with Gasteiger partial charge in [-0.3, -0.25) is 0 Å². The molecule has 1 N–H and O–H groups in total. The van der Waals surface area contributed by atoms with Crippen molar-refractivity contribution in [3.63, 3.8) is 0 Å². The van der Waals surface area contributed by atoms with Gasteiger partial charge in [0.15, 0.2) is 0 Å². The summed E-state index contributed by atoms with van der Waals surface area (Å²) >= 11 is 0. The lowest BCUT2D eigenvalue weighted by Gasteiger charge is -2.20. The molecular weight excluding hydrogens is 288 g/mol. The van der Waals surface area contributed by atoms with Crippen LogP contribution in [0.4, 0.5) is 0 Å². The molecule has 0 spiro atoms. The van der Waals surface area contributed by atoms with Crippen molar-refractivity contribution in [3.8, 4) is 0 Å². The average Bonchev–Trinajstić information content (AvgIpc) is 2.48. The number of hydrogen-bond acceptors (Lipinski definition) is 4. The maximum Gasteiger partial charge on any atom is 0.243 e. The molecule has 1 aromatic carbocycles. The molecule has 1 rings (SSSR count). The fraction of sp³-hybridized carbons (Fsp3) is 0.600. The molecule has 0 fully saturated rings. The van der Waals surface area contributed by atoms with Crippen LogP contribution in [0.25, 0.3) is 0 Å². The van der Waals surface area contributed by atoms with E-state index in [4.69, 9.17) is 4.74 Å². The van der Waals surface area contributed by atoms with Gasteiger partial charge in [-0.1, -0.05) is 26.0 Å². The van der Waals surface area contributed by atoms with Crippen LogP contribution in [0.15, 0.2) is 29.2 Å². The van der Waals surface area contributed by atoms with E-state index in [1.807, 2.05) is 13.0 Å². The molecule has 0 aliphatic carbocycles. The van der Waals surface area contributed by atoms with Crippen LogP contribution < -0.4 is 5.32 Å². The maximum atomic E-state index is 12.6. The van der Waals surface area contributed by atoms with Crippen molar-refractivity contribution in [2.45, 2.75) is 31.7 Å². The van der Waals surface area contributed by atoms with Gasteiger partial charge in [-0.15, -0.1) is 0 Å². The standard InChI is InChI=1S/C15H26N2O3S/c1-4-9-16-13-14-7-6-8-15(12-14)21(18,19)17(5-2)10-11-20-3/h6-8,12,16H,4-5,9-11,13H2,1-3H3. The van der Waals surface area contributed by atoms with Crippen LogP contribution in [0.2, 0.25) is 0 Å². The Labute approximate surface area is 128 Å². The van der Waals surface area contributed by atoms with Gasteiger partial charge >= 0.3 is 0 Å². The normalized spacial score (nSPS) is 12.0. The van der Waals surface area contributed by atoms with Gasteiger partial charge in [-0.25, -0.2) is 8.42 Å². The summed E-state index contributed by atoms with van der Waals surface area (Å²) in [7, 11) is -1.88. The Morgan fingerprint density at radius 1 is 1.29 bits per heavy atom. The predicted molar refractivity (Wildman–Crippen MR) is 84.7 cm³/mol. The number of nitrogens with zero attached hydrogens (tertiary/aromatic N) is 1. The lowest BCUT2D eigenvalue weighted by molar-refractivity contribution is 0.180. The summed E-state index contributed by atoms with van der Waals surface area (Å²) < 4.78 is 31.6. The molecule has 0 aliphatic heterocycles. The van der Waals surface area contributed by atoms with E-state index in [9.17, 15) is 8.42 Å². The molecule has 0 unspecified atom stereocenters. The number of benzene rings is 1. The fourth-order valence-electron chi connectivity index (χ4n) is 2.02. The highest BCUT2D eigenvalue weighted by atomic mass is 32.2. The molecule has 0 atom stereocenters. The molecule has 21 heavy (non-hydrogen) atoms. The van der Waals surface area contributed by atoms with Gasteiger partial charge < -0.3 is 10.1 Å². The first-order valence-corrected chi connectivity index (χ1v) is 8.79. The molecule has 0 amide bonds. The maximum absolute atomic E-state index is 12.6. The number of rotatable bonds is 10. The van der Waals surface area contributed by atoms with Crippen LogP contribution in [-0.2, 0) is 21.3 Å². The number of ether oxygens (including phenoxy) is 1. The zero-order chi connectivity index (χ0) is 15.7. The quantitative estimate of drug-likeness (QED) is 0.670. The van der Waals surface area contributed by atoms with Gasteiger partial charge in [0.05, 0.1) is 11.5 Å². The van der Waals surface area contributed by atoms with Crippen molar-refractivity contribution >= 4 is 10.0 Å². The molecule has 0 aliphatic rings. The molecule has 0 aromatic heterocycles. The molecule has 0 saturated carbocycles. The van der Waals surface area contributed by atoms with E-state index in [2.05, 4.69) is 12.2 Å². The van der Waals surface area contributed by atoms with Gasteiger partial charge in [0.1, 0.15) is 0 Å². The summed E-state index contributed by atoms with van der Waals surface area (Å²) in [6.45, 7) is 6.73. The number of nitrogens with one attached hydrogen (secondary N) is 1. The first-order chi connectivity index (χ1) is 10.1. The Hall–Kier alpha value is -0.950. The summed E-state index contributed by atoms with van der Waals surface area (Å²) in [6.07, 6.45) is 1.05. The van der Waals surface area contributed by atoms with E-state index in [1.165, 1.54) is 4.31 Å². The Kier molecular flexibility index (Phi) is 7.88. The topological polar surface area (TPSA) is 58.6 Å². The third-order valence-corrected chi connectivity index (χ3v) is 5.16. The number of hydrogen-bond donors (Lipinski definition) is 1. The Morgan fingerprint density at radius 3 is 2.67 bits per heavy atom. The highest BCUT2D eigenvalue weighted by Gasteiger charge is 2.22. The third-order valence-electron chi connectivity index (χ3n) is 3.19. The number of likely N-dealkylation sites (N-methyl/N-ethyl adjacent to an activating group) is 1. The summed E-state index contributed by atoms with van der Waals surface area (Å²) in [6, 6.07) is 7.12. The monoisotopic (exact) mass is 314 g/mol. The van der Waals surface area contributed by atoms with Crippen molar-refractivity contribution in [3.05, 3.63) is 29.8 Å². The molecule has 5 nitrogen and oxygen atoms in total. The zero-order valence-electron chi connectivity index (χ0n) is 13.1. The van der Waals surface area contributed by atoms with Crippen molar-refractivity contribution in [2.24, 2.45) is 0 Å². The van der Waals surface area contributed by atoms with Crippen molar-refractivity contribution in [1.82, 2.24) is 9.62 Å². The van der Waals surface area contributed by atoms with E-state index >= 15 is 0 Å². The van der Waals surface area contributed by atoms with E-state index in [-0.39, 0.29) is 0 Å². The van der Waals surface area contributed by atoms with Crippen LogP contribution in [0.3, 0.4) is 0 Å². The number of methoxy groups -OCH3 is 1. The van der Waals surface area contributed by atoms with Gasteiger partial charge in [0.25, 0.3) is 0 Å². The summed E-state index contributed by atoms with van der Waals surface area (Å²) in [4.78, 5) is 0.344. The molecule has 0 saturated heterocycles. The minimum atomic E-state index is -3.45. The SMILES string of the molecule is CCCNCc1cccc(S(=O)(=O)N(CC)CCOC)c1. The average molecular weight is 314 g/mol. The van der Waals surface area contributed by atoms with Crippen molar-refractivity contribution < 1.29 is 13.2 Å². The zero-order valence-corrected chi connectivity index (χ0v) is 13.9. The largest absolute Gasteiger partial charge is 0.383 e. The third kappa shape index (κ3) is 5.39. The van der Waals surface area contributed by atoms with Crippen molar-refractivity contribution in [1.29, 1.82) is 0 Å². The summed E-state index contributed by atoms with van der Waals surface area (Å²) in [5.74, 6) is 0. The van der Waals surface area contributed by atoms with Gasteiger partial charge in [0.2, 0.25) is 10.0 Å². The second kappa shape index (κ2) is 9.15. The van der Waals surface area contributed by atoms with E-state index in [1.54, 1.807) is 25.3 Å². The number of sulfonamides is 1. The van der Waals surface area contributed by atoms with E-state index in [0.717, 1.165) is 18.5 Å². The van der Waals surface area contributed by atoms with Gasteiger partial charge in [0, 0.05) is 26.7 Å². The van der Waals surface area contributed by atoms with E-state index < -0.39 is 10.0 Å².